The van der Waals surface area contributed by atoms with Gasteiger partial charge in [-0.2, -0.15) is 0 Å². The fourth-order valence-corrected chi connectivity index (χ4v) is 2.56. The zero-order chi connectivity index (χ0) is 13.6. The van der Waals surface area contributed by atoms with E-state index in [0.29, 0.717) is 0 Å². The molecule has 1 rings (SSSR count). The molecule has 0 heterocycles. The summed E-state index contributed by atoms with van der Waals surface area (Å²) in [6, 6.07) is 10.5. The summed E-state index contributed by atoms with van der Waals surface area (Å²) in [5.41, 5.74) is 1.23. The molecular weight excluding hydrogens is 242 g/mol. The summed E-state index contributed by atoms with van der Waals surface area (Å²) in [5.74, 6) is 0. The summed E-state index contributed by atoms with van der Waals surface area (Å²) < 4.78 is 15.3. The van der Waals surface area contributed by atoms with Crippen LogP contribution < -0.4 is 4.72 Å². The highest BCUT2D eigenvalue weighted by molar-refractivity contribution is 7.84. The molecule has 102 valence electrons. The molecule has 0 bridgehead atoms. The first-order chi connectivity index (χ1) is 8.45. The van der Waals surface area contributed by atoms with E-state index in [1.165, 1.54) is 5.56 Å². The third-order valence-electron chi connectivity index (χ3n) is 2.85. The van der Waals surface area contributed by atoms with E-state index in [1.807, 2.05) is 39.0 Å². The van der Waals surface area contributed by atoms with Crippen LogP contribution in [-0.2, 0) is 11.0 Å². The van der Waals surface area contributed by atoms with Gasteiger partial charge in [-0.05, 0) is 32.8 Å². The molecule has 0 fully saturated rings. The van der Waals surface area contributed by atoms with Crippen molar-refractivity contribution in [3.63, 3.8) is 0 Å². The van der Waals surface area contributed by atoms with Crippen LogP contribution in [0.3, 0.4) is 0 Å². The molecule has 0 aliphatic heterocycles. The van der Waals surface area contributed by atoms with Crippen LogP contribution in [0.15, 0.2) is 30.3 Å². The molecule has 0 aliphatic carbocycles. The third kappa shape index (κ3) is 4.91. The van der Waals surface area contributed by atoms with E-state index in [2.05, 4.69) is 23.8 Å². The Balaban J connectivity index is 2.77. The van der Waals surface area contributed by atoms with Crippen molar-refractivity contribution in [2.75, 3.05) is 0 Å². The molecule has 1 aromatic carbocycles. The van der Waals surface area contributed by atoms with Crippen molar-refractivity contribution in [2.45, 2.75) is 57.7 Å². The lowest BCUT2D eigenvalue weighted by atomic mass is 10.0. The maximum absolute atomic E-state index is 12.2. The average molecular weight is 267 g/mol. The number of hydrogen-bond donors (Lipinski definition) is 1. The van der Waals surface area contributed by atoms with Gasteiger partial charge in [0.15, 0.2) is 0 Å². The summed E-state index contributed by atoms with van der Waals surface area (Å²) in [6.07, 6.45) is 3.34. The number of nitrogens with one attached hydrogen (secondary N) is 1. The molecule has 0 unspecified atom stereocenters. The van der Waals surface area contributed by atoms with E-state index < -0.39 is 11.0 Å². The Labute approximate surface area is 114 Å². The minimum Gasteiger partial charge on any atom is -0.242 e. The van der Waals surface area contributed by atoms with E-state index in [4.69, 9.17) is 0 Å². The summed E-state index contributed by atoms with van der Waals surface area (Å²) in [6.45, 7) is 8.18. The Bertz CT molecular complexity index is 370. The smallest absolute Gasteiger partial charge is 0.0975 e. The number of unbranched alkanes of at least 4 members (excludes halogenated alkanes) is 1. The fourth-order valence-electron chi connectivity index (χ4n) is 1.69. The topological polar surface area (TPSA) is 29.1 Å². The second-order valence-electron chi connectivity index (χ2n) is 5.60. The monoisotopic (exact) mass is 267 g/mol. The first-order valence-electron chi connectivity index (χ1n) is 6.68. The van der Waals surface area contributed by atoms with Gasteiger partial charge < -0.3 is 0 Å². The molecule has 0 aliphatic rings. The van der Waals surface area contributed by atoms with Crippen LogP contribution in [0.25, 0.3) is 0 Å². The second-order valence-corrected chi connectivity index (χ2v) is 7.60. The predicted octanol–water partition coefficient (Wildman–Crippen LogP) is 3.97. The predicted molar refractivity (Wildman–Crippen MR) is 79.7 cm³/mol. The fraction of sp³-hybridized carbons (Fsp3) is 0.600. The van der Waals surface area contributed by atoms with Crippen LogP contribution in [0, 0.1) is 0 Å². The largest absolute Gasteiger partial charge is 0.242 e. The van der Waals surface area contributed by atoms with Crippen molar-refractivity contribution in [1.29, 1.82) is 0 Å². The molecular formula is C15H25NOS. The van der Waals surface area contributed by atoms with Gasteiger partial charge in [0.1, 0.15) is 0 Å². The van der Waals surface area contributed by atoms with E-state index >= 15 is 0 Å². The highest BCUT2D eigenvalue weighted by Gasteiger charge is 2.23. The first-order valence-corrected chi connectivity index (χ1v) is 7.83. The van der Waals surface area contributed by atoms with E-state index in [1.54, 1.807) is 0 Å². The Morgan fingerprint density at radius 1 is 1.22 bits per heavy atom. The maximum atomic E-state index is 12.2. The van der Waals surface area contributed by atoms with Gasteiger partial charge in [-0.3, -0.25) is 0 Å². The lowest BCUT2D eigenvalue weighted by Crippen LogP contribution is -2.35. The number of benzene rings is 1. The standard InChI is InChI=1S/C15H25NOS/c1-5-6-12-14(13-10-8-7-9-11-13)16-18(17)15(2,3)4/h7-11,14,16H,5-6,12H2,1-4H3/t14-,18-/m1/s1. The molecule has 1 aromatic rings. The number of rotatable bonds is 6. The van der Waals surface area contributed by atoms with Gasteiger partial charge in [0, 0.05) is 6.04 Å². The SMILES string of the molecule is CCCC[C@@H](N[S@](=O)C(C)(C)C)c1ccccc1. The van der Waals surface area contributed by atoms with Crippen molar-refractivity contribution in [3.8, 4) is 0 Å². The molecule has 0 saturated heterocycles. The van der Waals surface area contributed by atoms with Crippen LogP contribution in [0.1, 0.15) is 58.6 Å². The summed E-state index contributed by atoms with van der Waals surface area (Å²) >= 11 is 0. The maximum Gasteiger partial charge on any atom is 0.0975 e. The zero-order valence-corrected chi connectivity index (χ0v) is 12.7. The van der Waals surface area contributed by atoms with Gasteiger partial charge in [-0.25, -0.2) is 8.93 Å². The van der Waals surface area contributed by atoms with Gasteiger partial charge in [-0.1, -0.05) is 50.1 Å². The average Bonchev–Trinajstić information content (AvgIpc) is 2.34. The lowest BCUT2D eigenvalue weighted by molar-refractivity contribution is 0.548. The molecule has 0 saturated carbocycles. The number of hydrogen-bond acceptors (Lipinski definition) is 1. The molecule has 1 N–H and O–H groups in total. The molecule has 0 amide bonds. The quantitative estimate of drug-likeness (QED) is 0.830. The van der Waals surface area contributed by atoms with Crippen molar-refractivity contribution < 1.29 is 4.21 Å². The first kappa shape index (κ1) is 15.4. The lowest BCUT2D eigenvalue weighted by Gasteiger charge is -2.24. The van der Waals surface area contributed by atoms with Crippen LogP contribution >= 0.6 is 0 Å². The van der Waals surface area contributed by atoms with Crippen LogP contribution in [0.2, 0.25) is 0 Å². The zero-order valence-electron chi connectivity index (χ0n) is 11.9. The minimum atomic E-state index is -1.02. The van der Waals surface area contributed by atoms with Gasteiger partial charge in [0.2, 0.25) is 0 Å². The van der Waals surface area contributed by atoms with Crippen molar-refractivity contribution in [2.24, 2.45) is 0 Å². The third-order valence-corrected chi connectivity index (χ3v) is 4.46. The highest BCUT2D eigenvalue weighted by Crippen LogP contribution is 2.22. The van der Waals surface area contributed by atoms with Gasteiger partial charge in [0.25, 0.3) is 0 Å². The van der Waals surface area contributed by atoms with E-state index in [9.17, 15) is 4.21 Å². The Kier molecular flexibility index (Phi) is 6.03. The summed E-state index contributed by atoms with van der Waals surface area (Å²) in [5, 5.41) is 0. The van der Waals surface area contributed by atoms with E-state index in [-0.39, 0.29) is 10.8 Å². The van der Waals surface area contributed by atoms with Crippen LogP contribution in [0.5, 0.6) is 0 Å². The summed E-state index contributed by atoms with van der Waals surface area (Å²) in [7, 11) is -1.02. The summed E-state index contributed by atoms with van der Waals surface area (Å²) in [4.78, 5) is 0. The molecule has 0 spiro atoms. The van der Waals surface area contributed by atoms with Crippen LogP contribution in [0.4, 0.5) is 0 Å². The van der Waals surface area contributed by atoms with E-state index in [0.717, 1.165) is 19.3 Å². The molecule has 0 aromatic heterocycles. The normalized spacial score (nSPS) is 15.3. The Morgan fingerprint density at radius 2 is 1.83 bits per heavy atom. The Morgan fingerprint density at radius 3 is 2.33 bits per heavy atom. The van der Waals surface area contributed by atoms with Gasteiger partial charge in [0.05, 0.1) is 15.7 Å². The van der Waals surface area contributed by atoms with Gasteiger partial charge in [-0.15, -0.1) is 0 Å². The molecule has 3 heteroatoms. The molecule has 18 heavy (non-hydrogen) atoms. The van der Waals surface area contributed by atoms with Gasteiger partial charge >= 0.3 is 0 Å². The molecule has 2 nitrogen and oxygen atoms in total. The Hall–Kier alpha value is -0.670. The minimum absolute atomic E-state index is 0.186. The molecule has 2 atom stereocenters. The van der Waals surface area contributed by atoms with Crippen molar-refractivity contribution in [3.05, 3.63) is 35.9 Å². The highest BCUT2D eigenvalue weighted by atomic mass is 32.2. The van der Waals surface area contributed by atoms with Crippen molar-refractivity contribution in [1.82, 2.24) is 4.72 Å². The molecule has 0 radical (unpaired) electrons. The second kappa shape index (κ2) is 7.05. The van der Waals surface area contributed by atoms with Crippen molar-refractivity contribution >= 4 is 11.0 Å². The van der Waals surface area contributed by atoms with Crippen LogP contribution in [-0.4, -0.2) is 8.96 Å².